The van der Waals surface area contributed by atoms with Crippen LogP contribution in [0, 0.1) is 0 Å². The van der Waals surface area contributed by atoms with Gasteiger partial charge in [0.2, 0.25) is 8.32 Å². The van der Waals surface area contributed by atoms with E-state index in [1.165, 1.54) is 0 Å². The Kier molecular flexibility index (Phi) is 4.89. The van der Waals surface area contributed by atoms with Gasteiger partial charge in [-0.1, -0.05) is 0 Å². The zero-order chi connectivity index (χ0) is 17.6. The number of nitrogens with zero attached hydrogens (tertiary/aromatic N) is 1. The highest BCUT2D eigenvalue weighted by molar-refractivity contribution is 6.70. The van der Waals surface area contributed by atoms with E-state index in [0.717, 1.165) is 12.2 Å². The predicted molar refractivity (Wildman–Crippen MR) is 96.0 cm³/mol. The second kappa shape index (κ2) is 6.02. The lowest BCUT2D eigenvalue weighted by Crippen LogP contribution is -2.40. The Morgan fingerprint density at radius 1 is 1.26 bits per heavy atom. The van der Waals surface area contributed by atoms with E-state index in [1.54, 1.807) is 0 Å². The van der Waals surface area contributed by atoms with Gasteiger partial charge in [-0.3, -0.25) is 9.69 Å². The minimum Gasteiger partial charge on any atom is -0.547 e. The zero-order valence-electron chi connectivity index (χ0n) is 15.7. The van der Waals surface area contributed by atoms with Crippen molar-refractivity contribution in [1.82, 2.24) is 4.90 Å². The molecule has 0 N–H and O–H groups in total. The number of hydrogen-bond acceptors (Lipinski definition) is 5. The summed E-state index contributed by atoms with van der Waals surface area (Å²) in [6.45, 7) is 17.4. The molecule has 7 heteroatoms. The quantitative estimate of drug-likeness (QED) is 0.415. The summed E-state index contributed by atoms with van der Waals surface area (Å²) in [6.07, 6.45) is 2.62. The van der Waals surface area contributed by atoms with Crippen LogP contribution in [0.25, 0.3) is 0 Å². The summed E-state index contributed by atoms with van der Waals surface area (Å²) in [6, 6.07) is -0.234. The molecule has 23 heavy (non-hydrogen) atoms. The van der Waals surface area contributed by atoms with Gasteiger partial charge >= 0.3 is 5.97 Å². The highest BCUT2D eigenvalue weighted by Crippen LogP contribution is 2.52. The number of carbonyl (C=O) groups is 1. The molecule has 132 valence electrons. The lowest BCUT2D eigenvalue weighted by molar-refractivity contribution is -0.144. The van der Waals surface area contributed by atoms with E-state index in [4.69, 9.17) is 13.6 Å². The van der Waals surface area contributed by atoms with Crippen molar-refractivity contribution in [1.29, 1.82) is 0 Å². The number of ether oxygens (including phenoxy) is 1. The average molecular weight is 358 g/mol. The molecule has 0 aromatic carbocycles. The minimum absolute atomic E-state index is 0.151. The summed E-state index contributed by atoms with van der Waals surface area (Å²) in [4.78, 5) is 14.5. The van der Waals surface area contributed by atoms with Crippen molar-refractivity contribution in [3.63, 3.8) is 0 Å². The van der Waals surface area contributed by atoms with Crippen molar-refractivity contribution in [3.05, 3.63) is 11.8 Å². The molecule has 2 rings (SSSR count). The SMILES string of the molecule is CCOC(=O)C1N2C(O[Si](C)(C)C)C=C(O[Si](C)(C)C)CC12C. The van der Waals surface area contributed by atoms with Crippen molar-refractivity contribution in [2.45, 2.75) is 77.4 Å². The molecule has 2 heterocycles. The monoisotopic (exact) mass is 357 g/mol. The van der Waals surface area contributed by atoms with E-state index >= 15 is 0 Å². The number of hydrogen-bond donors (Lipinski definition) is 0. The molecule has 0 radical (unpaired) electrons. The molecule has 0 aliphatic carbocycles. The normalized spacial score (nSPS) is 33.6. The molecular formula is C16H31NO4Si2. The van der Waals surface area contributed by atoms with E-state index in [9.17, 15) is 4.79 Å². The van der Waals surface area contributed by atoms with Crippen LogP contribution in [0.2, 0.25) is 39.3 Å². The first kappa shape index (κ1) is 18.7. The van der Waals surface area contributed by atoms with Crippen molar-refractivity contribution in [2.24, 2.45) is 0 Å². The van der Waals surface area contributed by atoms with E-state index in [2.05, 4.69) is 57.2 Å². The van der Waals surface area contributed by atoms with Crippen LogP contribution >= 0.6 is 0 Å². The Bertz CT molecular complexity index is 509. The third-order valence-electron chi connectivity index (χ3n) is 3.95. The topological polar surface area (TPSA) is 47.8 Å². The van der Waals surface area contributed by atoms with Crippen LogP contribution in [0.4, 0.5) is 0 Å². The smallest absolute Gasteiger partial charge is 0.325 e. The third-order valence-corrected chi connectivity index (χ3v) is 5.77. The molecular weight excluding hydrogens is 326 g/mol. The maximum absolute atomic E-state index is 12.3. The van der Waals surface area contributed by atoms with Gasteiger partial charge in [0, 0.05) is 6.42 Å². The summed E-state index contributed by atoms with van der Waals surface area (Å²) in [5.41, 5.74) is -0.250. The van der Waals surface area contributed by atoms with Gasteiger partial charge < -0.3 is 13.6 Å². The van der Waals surface area contributed by atoms with Gasteiger partial charge in [-0.25, -0.2) is 0 Å². The fourth-order valence-electron chi connectivity index (χ4n) is 3.24. The van der Waals surface area contributed by atoms with Gasteiger partial charge in [0.05, 0.1) is 17.9 Å². The number of carbonyl (C=O) groups excluding carboxylic acids is 1. The summed E-state index contributed by atoms with van der Waals surface area (Å²) >= 11 is 0. The maximum atomic E-state index is 12.3. The van der Waals surface area contributed by atoms with Crippen molar-refractivity contribution in [3.8, 4) is 0 Å². The molecule has 1 saturated heterocycles. The third kappa shape index (κ3) is 4.26. The van der Waals surface area contributed by atoms with Crippen LogP contribution in [0.3, 0.4) is 0 Å². The summed E-state index contributed by atoms with van der Waals surface area (Å²) in [5.74, 6) is 0.819. The molecule has 0 bridgehead atoms. The molecule has 1 fully saturated rings. The van der Waals surface area contributed by atoms with Crippen LogP contribution in [0.5, 0.6) is 0 Å². The Balaban J connectivity index is 2.24. The van der Waals surface area contributed by atoms with E-state index in [0.29, 0.717) is 6.61 Å². The molecule has 0 amide bonds. The van der Waals surface area contributed by atoms with Crippen molar-refractivity contribution < 1.29 is 18.4 Å². The lowest BCUT2D eigenvalue weighted by atomic mass is 10.0. The van der Waals surface area contributed by atoms with Crippen molar-refractivity contribution >= 4 is 22.6 Å². The molecule has 0 spiro atoms. The fourth-order valence-corrected chi connectivity index (χ4v) is 5.07. The van der Waals surface area contributed by atoms with Gasteiger partial charge in [0.15, 0.2) is 8.32 Å². The first-order valence-electron chi connectivity index (χ1n) is 8.40. The Morgan fingerprint density at radius 2 is 1.87 bits per heavy atom. The van der Waals surface area contributed by atoms with Crippen molar-refractivity contribution in [2.75, 3.05) is 6.61 Å². The van der Waals surface area contributed by atoms with Gasteiger partial charge in [0.25, 0.3) is 0 Å². The molecule has 0 aromatic rings. The molecule has 4 atom stereocenters. The average Bonchev–Trinajstić information content (AvgIpc) is 2.91. The summed E-state index contributed by atoms with van der Waals surface area (Å²) in [7, 11) is -3.43. The van der Waals surface area contributed by atoms with Crippen LogP contribution in [-0.4, -0.2) is 51.9 Å². The predicted octanol–water partition coefficient (Wildman–Crippen LogP) is 3.31. The first-order valence-corrected chi connectivity index (χ1v) is 15.2. The largest absolute Gasteiger partial charge is 0.547 e. The van der Waals surface area contributed by atoms with Crippen LogP contribution in [0.15, 0.2) is 11.8 Å². The molecule has 4 unspecified atom stereocenters. The summed E-state index contributed by atoms with van der Waals surface area (Å²) in [5, 5.41) is 0. The van der Waals surface area contributed by atoms with Crippen LogP contribution in [-0.2, 0) is 18.4 Å². The van der Waals surface area contributed by atoms with E-state index in [1.807, 2.05) is 6.92 Å². The molecule has 0 saturated carbocycles. The lowest BCUT2D eigenvalue weighted by Gasteiger charge is -2.33. The fraction of sp³-hybridized carbons (Fsp3) is 0.812. The Morgan fingerprint density at radius 3 is 2.35 bits per heavy atom. The summed E-state index contributed by atoms with van der Waals surface area (Å²) < 4.78 is 17.8. The number of esters is 1. The van der Waals surface area contributed by atoms with Gasteiger partial charge in [0.1, 0.15) is 12.3 Å². The van der Waals surface area contributed by atoms with E-state index in [-0.39, 0.29) is 23.8 Å². The number of fused-ring (bicyclic) bond motifs is 1. The van der Waals surface area contributed by atoms with Crippen LogP contribution < -0.4 is 0 Å². The van der Waals surface area contributed by atoms with Gasteiger partial charge in [-0.15, -0.1) is 0 Å². The number of rotatable bonds is 6. The molecule has 0 aromatic heterocycles. The van der Waals surface area contributed by atoms with E-state index < -0.39 is 16.6 Å². The second-order valence-corrected chi connectivity index (χ2v) is 17.5. The standard InChI is InChI=1S/C16H31NO4Si2/c1-9-19-15(18)14-16(2)11-12(20-22(3,4)5)10-13(17(14)16)21-23(6,7)8/h10,13-14H,9,11H2,1-8H3. The molecule has 5 nitrogen and oxygen atoms in total. The Labute approximate surface area is 142 Å². The first-order chi connectivity index (χ1) is 10.4. The van der Waals surface area contributed by atoms with Gasteiger partial charge in [-0.05, 0) is 59.2 Å². The zero-order valence-corrected chi connectivity index (χ0v) is 17.7. The Hall–Kier alpha value is -0.636. The van der Waals surface area contributed by atoms with Crippen LogP contribution in [0.1, 0.15) is 20.3 Å². The minimum atomic E-state index is -1.75. The van der Waals surface area contributed by atoms with Gasteiger partial charge in [-0.2, -0.15) is 0 Å². The highest BCUT2D eigenvalue weighted by atomic mass is 28.4. The maximum Gasteiger partial charge on any atom is 0.325 e. The second-order valence-electron chi connectivity index (χ2n) is 8.56. The molecule has 2 aliphatic rings. The molecule has 2 aliphatic heterocycles. The highest BCUT2D eigenvalue weighted by Gasteiger charge is 2.68.